The van der Waals surface area contributed by atoms with Gasteiger partial charge in [-0.15, -0.1) is 0 Å². The number of nitrogens with zero attached hydrogens (tertiary/aromatic N) is 1. The normalized spacial score (nSPS) is 17.0. The third-order valence-electron chi connectivity index (χ3n) is 4.23. The van der Waals surface area contributed by atoms with Gasteiger partial charge >= 0.3 is 0 Å². The van der Waals surface area contributed by atoms with Crippen LogP contribution in [0.3, 0.4) is 0 Å². The number of hydrogen-bond acceptors (Lipinski definition) is 2. The van der Waals surface area contributed by atoms with Crippen LogP contribution in [-0.4, -0.2) is 23.3 Å². The summed E-state index contributed by atoms with van der Waals surface area (Å²) < 4.78 is 0.916. The molecule has 0 aromatic heterocycles. The van der Waals surface area contributed by atoms with E-state index in [2.05, 4.69) is 21.2 Å². The fourth-order valence-corrected chi connectivity index (χ4v) is 3.55. The summed E-state index contributed by atoms with van der Waals surface area (Å²) in [4.78, 5) is 27.0. The highest BCUT2D eigenvalue weighted by molar-refractivity contribution is 9.10. The first-order chi connectivity index (χ1) is 12.0. The van der Waals surface area contributed by atoms with E-state index in [1.54, 1.807) is 4.90 Å². The summed E-state index contributed by atoms with van der Waals surface area (Å²) in [5.41, 5.74) is 2.67. The van der Waals surface area contributed by atoms with Gasteiger partial charge in [0.05, 0.1) is 6.04 Å². The Balaban J connectivity index is 2.15. The average Bonchev–Trinajstić information content (AvgIpc) is 2.71. The summed E-state index contributed by atoms with van der Waals surface area (Å²) in [6.45, 7) is 4.08. The number of benzene rings is 2. The third-order valence-corrected chi connectivity index (χ3v) is 4.72. The lowest BCUT2D eigenvalue weighted by molar-refractivity contribution is -0.136. The topological polar surface area (TPSA) is 49.4 Å². The summed E-state index contributed by atoms with van der Waals surface area (Å²) >= 11 is 3.51. The van der Waals surface area contributed by atoms with Crippen molar-refractivity contribution in [1.29, 1.82) is 0 Å². The number of nitrogens with one attached hydrogen (secondary N) is 1. The van der Waals surface area contributed by atoms with E-state index in [4.69, 9.17) is 0 Å². The Kier molecular flexibility index (Phi) is 5.23. The van der Waals surface area contributed by atoms with Crippen molar-refractivity contribution < 1.29 is 9.59 Å². The van der Waals surface area contributed by atoms with Gasteiger partial charge in [-0.3, -0.25) is 9.59 Å². The number of carbonyl (C=O) groups is 2. The summed E-state index contributed by atoms with van der Waals surface area (Å²) in [5.74, 6) is 0.0585. The molecule has 0 aliphatic carbocycles. The van der Waals surface area contributed by atoms with Crippen LogP contribution >= 0.6 is 15.9 Å². The van der Waals surface area contributed by atoms with Gasteiger partial charge in [0, 0.05) is 22.1 Å². The van der Waals surface area contributed by atoms with Gasteiger partial charge in [-0.1, -0.05) is 60.1 Å². The molecule has 3 rings (SSSR count). The molecule has 1 N–H and O–H groups in total. The Morgan fingerprint density at radius 3 is 2.64 bits per heavy atom. The highest BCUT2D eigenvalue weighted by Gasteiger charge is 2.33. The van der Waals surface area contributed by atoms with Gasteiger partial charge in [0.25, 0.3) is 0 Å². The first-order valence-electron chi connectivity index (χ1n) is 8.39. The number of anilines is 1. The van der Waals surface area contributed by atoms with Crippen LogP contribution in [-0.2, 0) is 9.59 Å². The minimum atomic E-state index is -0.293. The molecule has 2 amide bonds. The molecule has 0 spiro atoms. The summed E-state index contributed by atoms with van der Waals surface area (Å²) in [7, 11) is 0. The monoisotopic (exact) mass is 400 g/mol. The van der Waals surface area contributed by atoms with E-state index in [1.165, 1.54) is 0 Å². The molecule has 0 saturated carbocycles. The molecular formula is C20H21BrN2O2. The molecule has 0 bridgehead atoms. The average molecular weight is 401 g/mol. The molecule has 0 saturated heterocycles. The van der Waals surface area contributed by atoms with Crippen molar-refractivity contribution >= 4 is 33.4 Å². The van der Waals surface area contributed by atoms with Gasteiger partial charge < -0.3 is 10.2 Å². The molecule has 1 unspecified atom stereocenters. The van der Waals surface area contributed by atoms with Crippen molar-refractivity contribution in [3.8, 4) is 0 Å². The van der Waals surface area contributed by atoms with Gasteiger partial charge in [0.2, 0.25) is 11.8 Å². The van der Waals surface area contributed by atoms with Crippen molar-refractivity contribution in [3.63, 3.8) is 0 Å². The van der Waals surface area contributed by atoms with E-state index in [0.29, 0.717) is 6.42 Å². The lowest BCUT2D eigenvalue weighted by Crippen LogP contribution is -2.39. The van der Waals surface area contributed by atoms with E-state index in [9.17, 15) is 9.59 Å². The first-order valence-corrected chi connectivity index (χ1v) is 9.18. The third kappa shape index (κ3) is 3.93. The van der Waals surface area contributed by atoms with Crippen LogP contribution in [0.4, 0.5) is 5.69 Å². The van der Waals surface area contributed by atoms with E-state index >= 15 is 0 Å². The number of fused-ring (bicyclic) bond motifs is 1. The molecule has 0 fully saturated rings. The highest BCUT2D eigenvalue weighted by atomic mass is 79.9. The van der Waals surface area contributed by atoms with Crippen LogP contribution < -0.4 is 5.32 Å². The minimum Gasteiger partial charge on any atom is -0.324 e. The fourth-order valence-electron chi connectivity index (χ4n) is 3.17. The summed E-state index contributed by atoms with van der Waals surface area (Å²) in [6, 6.07) is 15.3. The van der Waals surface area contributed by atoms with Gasteiger partial charge in [0.1, 0.15) is 6.54 Å². The number of hydrogen-bond donors (Lipinski definition) is 1. The smallest absolute Gasteiger partial charge is 0.244 e. The predicted molar refractivity (Wildman–Crippen MR) is 102 cm³/mol. The highest BCUT2D eigenvalue weighted by Crippen LogP contribution is 2.37. The number of rotatable bonds is 3. The van der Waals surface area contributed by atoms with E-state index in [0.717, 1.165) is 21.3 Å². The molecule has 1 aliphatic rings. The number of amides is 2. The zero-order valence-corrected chi connectivity index (χ0v) is 15.9. The van der Waals surface area contributed by atoms with Crippen LogP contribution in [0, 0.1) is 5.92 Å². The molecule has 2 aromatic carbocycles. The van der Waals surface area contributed by atoms with Crippen molar-refractivity contribution in [2.45, 2.75) is 26.3 Å². The van der Waals surface area contributed by atoms with Crippen molar-refractivity contribution in [2.75, 3.05) is 11.9 Å². The predicted octanol–water partition coefficient (Wildman–Crippen LogP) is 4.37. The molecule has 2 aromatic rings. The Hall–Kier alpha value is -2.14. The van der Waals surface area contributed by atoms with Crippen molar-refractivity contribution in [2.24, 2.45) is 5.92 Å². The number of halogens is 1. The van der Waals surface area contributed by atoms with E-state index in [1.807, 2.05) is 62.4 Å². The molecule has 130 valence electrons. The maximum Gasteiger partial charge on any atom is 0.244 e. The largest absolute Gasteiger partial charge is 0.324 e. The van der Waals surface area contributed by atoms with Crippen molar-refractivity contribution in [1.82, 2.24) is 4.90 Å². The molecule has 1 heterocycles. The summed E-state index contributed by atoms with van der Waals surface area (Å²) in [5, 5.41) is 2.93. The molecular weight excluding hydrogens is 380 g/mol. The Labute approximate surface area is 156 Å². The molecule has 1 aliphatic heterocycles. The zero-order chi connectivity index (χ0) is 18.0. The van der Waals surface area contributed by atoms with Crippen LogP contribution in [0.25, 0.3) is 0 Å². The van der Waals surface area contributed by atoms with Crippen LogP contribution in [0.15, 0.2) is 53.0 Å². The van der Waals surface area contributed by atoms with E-state index < -0.39 is 0 Å². The maximum absolute atomic E-state index is 12.9. The number of carbonyl (C=O) groups excluding carboxylic acids is 2. The van der Waals surface area contributed by atoms with Gasteiger partial charge in [-0.25, -0.2) is 0 Å². The van der Waals surface area contributed by atoms with Gasteiger partial charge in [-0.05, 0) is 29.7 Å². The lowest BCUT2D eigenvalue weighted by atomic mass is 9.95. The lowest BCUT2D eigenvalue weighted by Gasteiger charge is -2.31. The van der Waals surface area contributed by atoms with Gasteiger partial charge in [-0.2, -0.15) is 0 Å². The Morgan fingerprint density at radius 2 is 1.96 bits per heavy atom. The molecule has 1 atom stereocenters. The fraction of sp³-hybridized carbons (Fsp3) is 0.300. The molecule has 0 radical (unpaired) electrons. The second kappa shape index (κ2) is 7.40. The quantitative estimate of drug-likeness (QED) is 0.831. The van der Waals surface area contributed by atoms with Crippen LogP contribution in [0.1, 0.15) is 37.4 Å². The van der Waals surface area contributed by atoms with Crippen molar-refractivity contribution in [3.05, 3.63) is 64.1 Å². The first kappa shape index (κ1) is 17.7. The van der Waals surface area contributed by atoms with Crippen LogP contribution in [0.2, 0.25) is 0 Å². The second-order valence-corrected chi connectivity index (χ2v) is 7.63. The molecule has 4 nitrogen and oxygen atoms in total. The maximum atomic E-state index is 12.9. The molecule has 5 heteroatoms. The second-order valence-electron chi connectivity index (χ2n) is 6.71. The standard InChI is InChI=1S/C20H21BrN2O2/c1-13(2)10-19(25)23-12-18(24)22-17-9-8-15(21)11-16(17)20(23)14-6-4-3-5-7-14/h3-9,11,13,20H,10,12H2,1-2H3,(H,22,24). The SMILES string of the molecule is CC(C)CC(=O)N1CC(=O)Nc2ccc(Br)cc2C1c1ccccc1. The Morgan fingerprint density at radius 1 is 1.24 bits per heavy atom. The van der Waals surface area contributed by atoms with Gasteiger partial charge in [0.15, 0.2) is 0 Å². The molecule has 25 heavy (non-hydrogen) atoms. The minimum absolute atomic E-state index is 0.00757. The summed E-state index contributed by atoms with van der Waals surface area (Å²) in [6.07, 6.45) is 0.417. The van der Waals surface area contributed by atoms with Crippen LogP contribution in [0.5, 0.6) is 0 Å². The van der Waals surface area contributed by atoms with E-state index in [-0.39, 0.29) is 30.3 Å². The Bertz CT molecular complexity index is 790. The zero-order valence-electron chi connectivity index (χ0n) is 14.3.